The zero-order chi connectivity index (χ0) is 42.5. The Labute approximate surface area is 355 Å². The quantitative estimate of drug-likeness (QED) is 0.0237. The SMILES string of the molecule is CC/C=C\C/C=C\C/C=C\C/C=C\CCCCC(=O)OC(COCCCCCCCCCCCC/C=C\CCCCCCCCCC)COP(=O)(O)OCC(O)CO. The molecule has 3 N–H and O–H groups in total. The summed E-state index contributed by atoms with van der Waals surface area (Å²) in [5.74, 6) is -0.423. The van der Waals surface area contributed by atoms with E-state index in [-0.39, 0.29) is 13.0 Å². The zero-order valence-electron chi connectivity index (χ0n) is 37.0. The highest BCUT2D eigenvalue weighted by molar-refractivity contribution is 7.47. The standard InChI is InChI=1S/C48H87O9P/c1-3-5-7-9-11-13-15-17-19-20-21-22-23-24-25-27-29-31-33-35-37-39-41-54-44-47(45-56-58(52,53)55-43-46(50)42-49)57-48(51)40-38-36-34-32-30-28-26-18-16-14-12-10-8-6-4-2/h6,8,12,14,18,20-21,26,30,32,46-47,49-50H,3-5,7,9-11,13,15-17,19,22-25,27-29,31,33-45H2,1-2H3,(H,52,53)/b8-6-,14-12-,21-20-,26-18-,32-30-. The Balaban J connectivity index is 4.15. The minimum Gasteiger partial charge on any atom is -0.457 e. The summed E-state index contributed by atoms with van der Waals surface area (Å²) in [4.78, 5) is 22.6. The van der Waals surface area contributed by atoms with E-state index in [4.69, 9.17) is 23.6 Å². The van der Waals surface area contributed by atoms with Gasteiger partial charge in [-0.2, -0.15) is 0 Å². The monoisotopic (exact) mass is 839 g/mol. The Morgan fingerprint density at radius 2 is 0.983 bits per heavy atom. The fourth-order valence-corrected chi connectivity index (χ4v) is 6.95. The van der Waals surface area contributed by atoms with Gasteiger partial charge < -0.3 is 24.6 Å². The van der Waals surface area contributed by atoms with E-state index in [9.17, 15) is 19.4 Å². The summed E-state index contributed by atoms with van der Waals surface area (Å²) in [6, 6.07) is 0. The summed E-state index contributed by atoms with van der Waals surface area (Å²) < 4.78 is 33.4. The fourth-order valence-electron chi connectivity index (χ4n) is 6.16. The first-order valence-electron chi connectivity index (χ1n) is 23.3. The maximum Gasteiger partial charge on any atom is 0.472 e. The number of aliphatic hydroxyl groups excluding tert-OH is 2. The first-order chi connectivity index (χ1) is 28.3. The van der Waals surface area contributed by atoms with E-state index in [0.717, 1.165) is 57.8 Å². The van der Waals surface area contributed by atoms with Crippen molar-refractivity contribution in [2.24, 2.45) is 0 Å². The van der Waals surface area contributed by atoms with Crippen LogP contribution in [0.2, 0.25) is 0 Å². The van der Waals surface area contributed by atoms with Gasteiger partial charge in [-0.05, 0) is 77.0 Å². The van der Waals surface area contributed by atoms with E-state index in [1.54, 1.807) is 0 Å². The Morgan fingerprint density at radius 3 is 1.50 bits per heavy atom. The molecule has 0 bridgehead atoms. The number of ether oxygens (including phenoxy) is 2. The largest absolute Gasteiger partial charge is 0.472 e. The number of carbonyl (C=O) groups is 1. The molecule has 0 aromatic heterocycles. The van der Waals surface area contributed by atoms with Crippen molar-refractivity contribution in [2.45, 2.75) is 206 Å². The van der Waals surface area contributed by atoms with Crippen molar-refractivity contribution in [2.75, 3.05) is 33.0 Å². The summed E-state index contributed by atoms with van der Waals surface area (Å²) in [6.45, 7) is 3.35. The molecule has 0 aliphatic heterocycles. The first-order valence-corrected chi connectivity index (χ1v) is 24.8. The number of allylic oxidation sites excluding steroid dienone is 10. The van der Waals surface area contributed by atoms with Crippen molar-refractivity contribution in [3.8, 4) is 0 Å². The van der Waals surface area contributed by atoms with Crippen molar-refractivity contribution in [1.82, 2.24) is 0 Å². The molecule has 0 aliphatic rings. The van der Waals surface area contributed by atoms with E-state index >= 15 is 0 Å². The van der Waals surface area contributed by atoms with Crippen molar-refractivity contribution in [3.05, 3.63) is 60.8 Å². The van der Waals surface area contributed by atoms with Gasteiger partial charge in [0.05, 0.1) is 26.4 Å². The highest BCUT2D eigenvalue weighted by Gasteiger charge is 2.26. The molecule has 0 radical (unpaired) electrons. The topological polar surface area (TPSA) is 132 Å². The zero-order valence-corrected chi connectivity index (χ0v) is 37.9. The third-order valence-electron chi connectivity index (χ3n) is 9.69. The van der Waals surface area contributed by atoms with Crippen LogP contribution in [0, 0.1) is 0 Å². The lowest BCUT2D eigenvalue weighted by Crippen LogP contribution is -2.29. The van der Waals surface area contributed by atoms with Crippen LogP contribution in [-0.4, -0.2) is 66.3 Å². The molecule has 0 fully saturated rings. The van der Waals surface area contributed by atoms with Crippen LogP contribution in [0.1, 0.15) is 194 Å². The van der Waals surface area contributed by atoms with Crippen LogP contribution in [0.3, 0.4) is 0 Å². The molecule has 0 amide bonds. The fraction of sp³-hybridized carbons (Fsp3) is 0.771. The molecule has 0 aliphatic carbocycles. The van der Waals surface area contributed by atoms with Crippen LogP contribution in [0.5, 0.6) is 0 Å². The van der Waals surface area contributed by atoms with Crippen molar-refractivity contribution in [3.63, 3.8) is 0 Å². The molecule has 0 spiro atoms. The smallest absolute Gasteiger partial charge is 0.457 e. The molecular weight excluding hydrogens is 751 g/mol. The average molecular weight is 839 g/mol. The number of phosphoric acid groups is 1. The van der Waals surface area contributed by atoms with Gasteiger partial charge in [-0.25, -0.2) is 4.57 Å². The second-order valence-electron chi connectivity index (χ2n) is 15.4. The number of hydrogen-bond donors (Lipinski definition) is 3. The summed E-state index contributed by atoms with van der Waals surface area (Å²) in [5.41, 5.74) is 0. The Morgan fingerprint density at radius 1 is 0.552 bits per heavy atom. The lowest BCUT2D eigenvalue weighted by molar-refractivity contribution is -0.154. The maximum atomic E-state index is 12.6. The summed E-state index contributed by atoms with van der Waals surface area (Å²) in [7, 11) is -4.53. The summed E-state index contributed by atoms with van der Waals surface area (Å²) in [5, 5.41) is 18.4. The minimum atomic E-state index is -4.53. The van der Waals surface area contributed by atoms with Crippen molar-refractivity contribution in [1.29, 1.82) is 0 Å². The van der Waals surface area contributed by atoms with Gasteiger partial charge in [0.1, 0.15) is 12.2 Å². The van der Waals surface area contributed by atoms with Crippen molar-refractivity contribution >= 4 is 13.8 Å². The molecule has 338 valence electrons. The van der Waals surface area contributed by atoms with E-state index in [1.807, 2.05) is 0 Å². The summed E-state index contributed by atoms with van der Waals surface area (Å²) >= 11 is 0. The molecule has 3 unspecified atom stereocenters. The number of esters is 1. The Kier molecular flexibility index (Phi) is 43.3. The van der Waals surface area contributed by atoms with Crippen LogP contribution in [0.4, 0.5) is 0 Å². The van der Waals surface area contributed by atoms with Gasteiger partial charge in [0.25, 0.3) is 0 Å². The highest BCUT2D eigenvalue weighted by atomic mass is 31.2. The lowest BCUT2D eigenvalue weighted by Gasteiger charge is -2.20. The molecule has 3 atom stereocenters. The second-order valence-corrected chi connectivity index (χ2v) is 16.8. The van der Waals surface area contributed by atoms with E-state index in [1.165, 1.54) is 109 Å². The highest BCUT2D eigenvalue weighted by Crippen LogP contribution is 2.43. The third-order valence-corrected chi connectivity index (χ3v) is 10.6. The van der Waals surface area contributed by atoms with Crippen molar-refractivity contribution < 1.29 is 43.0 Å². The number of phosphoric ester groups is 1. The number of hydrogen-bond acceptors (Lipinski definition) is 8. The number of unbranched alkanes of at least 4 members (excludes halogenated alkanes) is 20. The van der Waals surface area contributed by atoms with Gasteiger partial charge in [-0.15, -0.1) is 0 Å². The molecule has 0 aromatic rings. The molecule has 0 rings (SSSR count). The molecular formula is C48H87O9P. The van der Waals surface area contributed by atoms with E-state index < -0.39 is 45.8 Å². The van der Waals surface area contributed by atoms with Crippen LogP contribution in [0.25, 0.3) is 0 Å². The van der Waals surface area contributed by atoms with Gasteiger partial charge in [0, 0.05) is 13.0 Å². The molecule has 0 aromatic carbocycles. The second kappa shape index (κ2) is 44.7. The molecule has 0 saturated heterocycles. The van der Waals surface area contributed by atoms with Gasteiger partial charge >= 0.3 is 13.8 Å². The number of carbonyl (C=O) groups excluding carboxylic acids is 1. The third kappa shape index (κ3) is 43.7. The average Bonchev–Trinajstić information content (AvgIpc) is 3.21. The lowest BCUT2D eigenvalue weighted by atomic mass is 10.1. The number of aliphatic hydroxyl groups is 2. The van der Waals surface area contributed by atoms with Crippen LogP contribution in [0.15, 0.2) is 60.8 Å². The predicted molar refractivity (Wildman–Crippen MR) is 242 cm³/mol. The van der Waals surface area contributed by atoms with E-state index in [2.05, 4.69) is 74.6 Å². The molecule has 0 saturated carbocycles. The Bertz CT molecular complexity index is 1090. The normalized spacial score (nSPS) is 14.5. The van der Waals surface area contributed by atoms with Crippen LogP contribution in [-0.2, 0) is 27.9 Å². The Hall–Kier alpha value is -1.84. The molecule has 58 heavy (non-hydrogen) atoms. The minimum absolute atomic E-state index is 0.0298. The van der Waals surface area contributed by atoms with Crippen LogP contribution >= 0.6 is 7.82 Å². The predicted octanol–water partition coefficient (Wildman–Crippen LogP) is 13.1. The molecule has 0 heterocycles. The number of rotatable bonds is 44. The summed E-state index contributed by atoms with van der Waals surface area (Å²) in [6.07, 6.45) is 51.9. The van der Waals surface area contributed by atoms with Gasteiger partial charge in [-0.3, -0.25) is 13.8 Å². The first kappa shape index (κ1) is 56.2. The molecule has 10 heteroatoms. The van der Waals surface area contributed by atoms with Crippen LogP contribution < -0.4 is 0 Å². The van der Waals surface area contributed by atoms with E-state index in [0.29, 0.717) is 13.0 Å². The molecule has 9 nitrogen and oxygen atoms in total. The van der Waals surface area contributed by atoms with Gasteiger partial charge in [-0.1, -0.05) is 171 Å². The maximum absolute atomic E-state index is 12.6. The van der Waals surface area contributed by atoms with Gasteiger partial charge in [0.2, 0.25) is 0 Å². The van der Waals surface area contributed by atoms with Gasteiger partial charge in [0.15, 0.2) is 0 Å².